The van der Waals surface area contributed by atoms with Crippen molar-refractivity contribution in [2.75, 3.05) is 31.3 Å². The first kappa shape index (κ1) is 14.7. The van der Waals surface area contributed by atoms with Crippen molar-refractivity contribution in [3.63, 3.8) is 0 Å². The van der Waals surface area contributed by atoms with E-state index < -0.39 is 0 Å². The molecule has 0 amide bonds. The van der Waals surface area contributed by atoms with Crippen LogP contribution in [0.1, 0.15) is 19.8 Å². The Labute approximate surface area is 115 Å². The molecule has 0 aromatic carbocycles. The number of halogens is 1. The fourth-order valence-electron chi connectivity index (χ4n) is 1.19. The lowest BCUT2D eigenvalue weighted by Crippen LogP contribution is -2.04. The van der Waals surface area contributed by atoms with Crippen LogP contribution in [-0.4, -0.2) is 36.0 Å². The zero-order valence-corrected chi connectivity index (χ0v) is 12.6. The van der Waals surface area contributed by atoms with Crippen molar-refractivity contribution in [3.05, 3.63) is 10.8 Å². The number of nitrogens with one attached hydrogen (secondary N) is 1. The molecule has 17 heavy (non-hydrogen) atoms. The topological polar surface area (TPSA) is 47.0 Å². The molecular weight excluding hydrogens is 302 g/mol. The first-order chi connectivity index (χ1) is 8.29. The minimum atomic E-state index is 0.788. The Morgan fingerprint density at radius 2 is 2.29 bits per heavy atom. The second kappa shape index (κ2) is 8.72. The maximum Gasteiger partial charge on any atom is 0.144 e. The highest BCUT2D eigenvalue weighted by Gasteiger charge is 2.08. The highest BCUT2D eigenvalue weighted by Crippen LogP contribution is 2.30. The Kier molecular flexibility index (Phi) is 7.55. The molecule has 0 saturated carbocycles. The molecular formula is C11H18BrN3OS. The van der Waals surface area contributed by atoms with E-state index >= 15 is 0 Å². The minimum Gasteiger partial charge on any atom is -0.385 e. The van der Waals surface area contributed by atoms with Gasteiger partial charge in [-0.1, -0.05) is 6.92 Å². The van der Waals surface area contributed by atoms with E-state index in [1.807, 2.05) is 0 Å². The molecule has 0 fully saturated rings. The van der Waals surface area contributed by atoms with Crippen LogP contribution in [0, 0.1) is 0 Å². The van der Waals surface area contributed by atoms with Crippen LogP contribution < -0.4 is 5.32 Å². The molecule has 0 unspecified atom stereocenters. The number of rotatable bonds is 8. The highest BCUT2D eigenvalue weighted by atomic mass is 79.9. The average molecular weight is 320 g/mol. The van der Waals surface area contributed by atoms with Gasteiger partial charge in [-0.25, -0.2) is 9.97 Å². The Hall–Kier alpha value is -0.330. The average Bonchev–Trinajstić information content (AvgIpc) is 2.35. The van der Waals surface area contributed by atoms with Crippen molar-refractivity contribution in [2.45, 2.75) is 24.8 Å². The molecule has 0 bridgehead atoms. The maximum absolute atomic E-state index is 5.02. The highest BCUT2D eigenvalue weighted by molar-refractivity contribution is 9.10. The van der Waals surface area contributed by atoms with E-state index in [1.54, 1.807) is 25.2 Å². The maximum atomic E-state index is 5.02. The van der Waals surface area contributed by atoms with Crippen LogP contribution in [0.5, 0.6) is 0 Å². The molecule has 0 atom stereocenters. The predicted octanol–water partition coefficient (Wildman–Crippen LogP) is 3.19. The van der Waals surface area contributed by atoms with Crippen molar-refractivity contribution in [2.24, 2.45) is 0 Å². The fourth-order valence-corrected chi connectivity index (χ4v) is 2.68. The van der Waals surface area contributed by atoms with Gasteiger partial charge in [0.05, 0.1) is 4.47 Å². The lowest BCUT2D eigenvalue weighted by Gasteiger charge is -2.08. The summed E-state index contributed by atoms with van der Waals surface area (Å²) in [6, 6.07) is 0. The van der Waals surface area contributed by atoms with Crippen molar-refractivity contribution in [3.8, 4) is 0 Å². The van der Waals surface area contributed by atoms with E-state index in [1.165, 1.54) is 0 Å². The molecule has 1 aromatic heterocycles. The molecule has 6 heteroatoms. The Bertz CT molecular complexity index is 338. The predicted molar refractivity (Wildman–Crippen MR) is 75.7 cm³/mol. The van der Waals surface area contributed by atoms with Crippen molar-refractivity contribution in [1.82, 2.24) is 9.97 Å². The third-order valence-corrected chi connectivity index (χ3v) is 4.12. The monoisotopic (exact) mass is 319 g/mol. The van der Waals surface area contributed by atoms with Crippen molar-refractivity contribution >= 4 is 33.5 Å². The second-order valence-electron chi connectivity index (χ2n) is 3.46. The smallest absolute Gasteiger partial charge is 0.144 e. The van der Waals surface area contributed by atoms with E-state index in [0.29, 0.717) is 0 Å². The summed E-state index contributed by atoms with van der Waals surface area (Å²) in [5.41, 5.74) is 0. The molecule has 1 rings (SSSR count). The zero-order chi connectivity index (χ0) is 12.5. The molecule has 0 saturated heterocycles. The number of nitrogens with zero attached hydrogens (tertiary/aromatic N) is 2. The molecule has 4 nitrogen and oxygen atoms in total. The summed E-state index contributed by atoms with van der Waals surface area (Å²) in [5.74, 6) is 1.87. The molecule has 0 aliphatic rings. The SMILES string of the molecule is CCCNc1ncnc(SCCCOC)c1Br. The summed E-state index contributed by atoms with van der Waals surface area (Å²) in [5, 5.41) is 4.25. The van der Waals surface area contributed by atoms with Crippen LogP contribution in [0.3, 0.4) is 0 Å². The largest absolute Gasteiger partial charge is 0.385 e. The summed E-state index contributed by atoms with van der Waals surface area (Å²) in [7, 11) is 1.72. The Morgan fingerprint density at radius 1 is 1.47 bits per heavy atom. The number of hydrogen-bond donors (Lipinski definition) is 1. The van der Waals surface area contributed by atoms with Crippen molar-refractivity contribution < 1.29 is 4.74 Å². The number of anilines is 1. The minimum absolute atomic E-state index is 0.788. The van der Waals surface area contributed by atoms with Gasteiger partial charge < -0.3 is 10.1 Å². The number of methoxy groups -OCH3 is 1. The normalized spacial score (nSPS) is 10.5. The van der Waals surface area contributed by atoms with E-state index in [2.05, 4.69) is 38.1 Å². The van der Waals surface area contributed by atoms with Gasteiger partial charge >= 0.3 is 0 Å². The molecule has 0 aliphatic heterocycles. The molecule has 0 radical (unpaired) electrons. The van der Waals surface area contributed by atoms with Gasteiger partial charge in [0.15, 0.2) is 0 Å². The Morgan fingerprint density at radius 3 is 3.00 bits per heavy atom. The lowest BCUT2D eigenvalue weighted by molar-refractivity contribution is 0.200. The number of ether oxygens (including phenoxy) is 1. The second-order valence-corrected chi connectivity index (χ2v) is 5.34. The number of hydrogen-bond acceptors (Lipinski definition) is 5. The van der Waals surface area contributed by atoms with Crippen LogP contribution >= 0.6 is 27.7 Å². The van der Waals surface area contributed by atoms with Crippen LogP contribution in [0.15, 0.2) is 15.8 Å². The number of thioether (sulfide) groups is 1. The Balaban J connectivity index is 2.53. The van der Waals surface area contributed by atoms with Gasteiger partial charge in [0.25, 0.3) is 0 Å². The van der Waals surface area contributed by atoms with Gasteiger partial charge in [0.2, 0.25) is 0 Å². The van der Waals surface area contributed by atoms with Crippen LogP contribution in [0.4, 0.5) is 5.82 Å². The zero-order valence-electron chi connectivity index (χ0n) is 10.2. The summed E-state index contributed by atoms with van der Waals surface area (Å²) in [6.45, 7) is 3.84. The van der Waals surface area contributed by atoms with Gasteiger partial charge in [0, 0.05) is 26.0 Å². The number of aromatic nitrogens is 2. The molecule has 1 aromatic rings. The van der Waals surface area contributed by atoms with Gasteiger partial charge in [-0.15, -0.1) is 11.8 Å². The van der Waals surface area contributed by atoms with Gasteiger partial charge in [0.1, 0.15) is 17.2 Å². The lowest BCUT2D eigenvalue weighted by atomic mass is 10.4. The van der Waals surface area contributed by atoms with Crippen LogP contribution in [-0.2, 0) is 4.74 Å². The molecule has 0 spiro atoms. The van der Waals surface area contributed by atoms with Crippen LogP contribution in [0.25, 0.3) is 0 Å². The summed E-state index contributed by atoms with van der Waals surface area (Å²) < 4.78 is 5.97. The molecule has 1 heterocycles. The van der Waals surface area contributed by atoms with E-state index in [9.17, 15) is 0 Å². The van der Waals surface area contributed by atoms with Gasteiger partial charge in [-0.2, -0.15) is 0 Å². The van der Waals surface area contributed by atoms with Gasteiger partial charge in [-0.05, 0) is 28.8 Å². The van der Waals surface area contributed by atoms with Crippen LogP contribution in [0.2, 0.25) is 0 Å². The first-order valence-corrected chi connectivity index (χ1v) is 7.43. The van der Waals surface area contributed by atoms with E-state index in [4.69, 9.17) is 4.74 Å². The van der Waals surface area contributed by atoms with Crippen molar-refractivity contribution in [1.29, 1.82) is 0 Å². The van der Waals surface area contributed by atoms with Gasteiger partial charge in [-0.3, -0.25) is 0 Å². The molecule has 96 valence electrons. The van der Waals surface area contributed by atoms with E-state index in [0.717, 1.165) is 47.1 Å². The standard InChI is InChI=1S/C11H18BrN3OS/c1-3-5-13-10-9(12)11(15-8-14-10)17-7-4-6-16-2/h8H,3-7H2,1-2H3,(H,13,14,15). The molecule has 0 aliphatic carbocycles. The molecule has 1 N–H and O–H groups in total. The summed E-state index contributed by atoms with van der Waals surface area (Å²) >= 11 is 5.26. The quantitative estimate of drug-likeness (QED) is 0.453. The summed E-state index contributed by atoms with van der Waals surface area (Å²) in [4.78, 5) is 8.48. The van der Waals surface area contributed by atoms with E-state index in [-0.39, 0.29) is 0 Å². The first-order valence-electron chi connectivity index (χ1n) is 5.65. The third kappa shape index (κ3) is 5.23. The fraction of sp³-hybridized carbons (Fsp3) is 0.636. The summed E-state index contributed by atoms with van der Waals surface area (Å²) in [6.07, 6.45) is 3.70. The third-order valence-electron chi connectivity index (χ3n) is 2.03.